The largest absolute Gasteiger partial charge is 0.368 e. The normalized spacial score (nSPS) is 24.7. The third-order valence-electron chi connectivity index (χ3n) is 6.62. The molecule has 0 radical (unpaired) electrons. The van der Waals surface area contributed by atoms with Crippen LogP contribution in [0.15, 0.2) is 36.4 Å². The van der Waals surface area contributed by atoms with Gasteiger partial charge in [-0.1, -0.05) is 26.0 Å². The summed E-state index contributed by atoms with van der Waals surface area (Å²) in [6, 6.07) is 5.62. The highest BCUT2D eigenvalue weighted by atomic mass is 19.1. The first-order valence-corrected chi connectivity index (χ1v) is 11.2. The van der Waals surface area contributed by atoms with Crippen LogP contribution in [0.2, 0.25) is 0 Å². The maximum Gasteiger partial charge on any atom is 0.246 e. The van der Waals surface area contributed by atoms with Gasteiger partial charge in [0, 0.05) is 31.9 Å². The van der Waals surface area contributed by atoms with E-state index in [1.807, 2.05) is 26.0 Å². The lowest BCUT2D eigenvalue weighted by molar-refractivity contribution is -0.152. The Morgan fingerprint density at radius 1 is 0.968 bits per heavy atom. The van der Waals surface area contributed by atoms with Crippen LogP contribution >= 0.6 is 0 Å². The summed E-state index contributed by atoms with van der Waals surface area (Å²) in [5, 5.41) is 0. The number of likely N-dealkylation sites (tertiary alicyclic amines) is 1. The van der Waals surface area contributed by atoms with Gasteiger partial charge in [-0.2, -0.15) is 0 Å². The van der Waals surface area contributed by atoms with Gasteiger partial charge in [0.25, 0.3) is 0 Å². The molecule has 2 aliphatic heterocycles. The minimum Gasteiger partial charge on any atom is -0.368 e. The average Bonchev–Trinajstić information content (AvgIpc) is 3.02. The van der Waals surface area contributed by atoms with Crippen molar-refractivity contribution in [2.24, 2.45) is 17.8 Å². The third kappa shape index (κ3) is 4.23. The van der Waals surface area contributed by atoms with Crippen molar-refractivity contribution in [2.45, 2.75) is 39.2 Å². The maximum absolute atomic E-state index is 13.5. The van der Waals surface area contributed by atoms with Crippen LogP contribution in [0.3, 0.4) is 0 Å². The molecule has 0 spiro atoms. The lowest BCUT2D eigenvalue weighted by atomic mass is 9.85. The number of imide groups is 1. The second-order valence-electron chi connectivity index (χ2n) is 9.14. The van der Waals surface area contributed by atoms with E-state index in [2.05, 4.69) is 4.90 Å². The highest BCUT2D eigenvalue weighted by Gasteiger charge is 2.51. The van der Waals surface area contributed by atoms with Gasteiger partial charge >= 0.3 is 0 Å². The van der Waals surface area contributed by atoms with Crippen molar-refractivity contribution < 1.29 is 18.8 Å². The SMILES string of the molecule is CC(C)C[C@H](C(=O)N1CCN(c2ccc(F)cc2)CC1)N1C(=O)[C@H]2CC=CC[C@H]2C1=O. The summed E-state index contributed by atoms with van der Waals surface area (Å²) in [6.07, 6.45) is 5.55. The molecular weight excluding hydrogens is 397 g/mol. The highest BCUT2D eigenvalue weighted by molar-refractivity contribution is 6.08. The van der Waals surface area contributed by atoms with E-state index in [0.717, 1.165) is 5.69 Å². The number of benzene rings is 1. The van der Waals surface area contributed by atoms with Crippen LogP contribution in [-0.4, -0.2) is 59.7 Å². The van der Waals surface area contributed by atoms with Crippen molar-refractivity contribution in [3.8, 4) is 0 Å². The summed E-state index contributed by atoms with van der Waals surface area (Å²) >= 11 is 0. The Morgan fingerprint density at radius 3 is 2.03 bits per heavy atom. The zero-order valence-corrected chi connectivity index (χ0v) is 18.2. The number of fused-ring (bicyclic) bond motifs is 1. The van der Waals surface area contributed by atoms with Gasteiger partial charge in [-0.15, -0.1) is 0 Å². The van der Waals surface area contributed by atoms with Crippen molar-refractivity contribution in [1.82, 2.24) is 9.80 Å². The molecule has 166 valence electrons. The van der Waals surface area contributed by atoms with E-state index in [1.54, 1.807) is 17.0 Å². The van der Waals surface area contributed by atoms with Crippen LogP contribution in [0.25, 0.3) is 0 Å². The molecule has 4 rings (SSSR count). The van der Waals surface area contributed by atoms with Gasteiger partial charge in [-0.3, -0.25) is 19.3 Å². The second kappa shape index (κ2) is 8.81. The molecule has 3 atom stereocenters. The number of nitrogens with zero attached hydrogens (tertiary/aromatic N) is 3. The van der Waals surface area contributed by atoms with Gasteiger partial charge in [0.05, 0.1) is 11.8 Å². The Kier molecular flexibility index (Phi) is 6.12. The minimum atomic E-state index is -0.733. The molecule has 3 amide bonds. The number of piperazine rings is 1. The molecule has 1 aromatic rings. The number of carbonyl (C=O) groups excluding carboxylic acids is 3. The molecule has 3 aliphatic rings. The third-order valence-corrected chi connectivity index (χ3v) is 6.62. The van der Waals surface area contributed by atoms with Crippen LogP contribution < -0.4 is 4.90 Å². The van der Waals surface area contributed by atoms with Gasteiger partial charge in [0.1, 0.15) is 11.9 Å². The van der Waals surface area contributed by atoms with E-state index in [-0.39, 0.29) is 41.3 Å². The fourth-order valence-corrected chi connectivity index (χ4v) is 4.94. The Labute approximate surface area is 182 Å². The van der Waals surface area contributed by atoms with E-state index in [0.29, 0.717) is 45.4 Å². The Balaban J connectivity index is 1.47. The first-order chi connectivity index (χ1) is 14.9. The van der Waals surface area contributed by atoms with Crippen LogP contribution in [0.5, 0.6) is 0 Å². The van der Waals surface area contributed by atoms with Gasteiger partial charge in [-0.05, 0) is 49.4 Å². The number of hydrogen-bond acceptors (Lipinski definition) is 4. The molecular formula is C24H30FN3O3. The molecule has 6 nitrogen and oxygen atoms in total. The van der Waals surface area contributed by atoms with E-state index in [9.17, 15) is 18.8 Å². The molecule has 1 aliphatic carbocycles. The zero-order chi connectivity index (χ0) is 22.1. The summed E-state index contributed by atoms with van der Waals surface area (Å²) in [5.74, 6) is -1.27. The number of halogens is 1. The summed E-state index contributed by atoms with van der Waals surface area (Å²) < 4.78 is 13.2. The number of carbonyl (C=O) groups is 3. The standard InChI is InChI=1S/C24H30FN3O3/c1-16(2)15-21(28-22(29)19-5-3-4-6-20(19)23(28)30)24(31)27-13-11-26(12-14-27)18-9-7-17(25)8-10-18/h3-4,7-10,16,19-21H,5-6,11-15H2,1-2H3/t19-,20+,21-/m1/s1. The van der Waals surface area contributed by atoms with E-state index < -0.39 is 6.04 Å². The molecule has 31 heavy (non-hydrogen) atoms. The van der Waals surface area contributed by atoms with Crippen molar-refractivity contribution in [3.63, 3.8) is 0 Å². The van der Waals surface area contributed by atoms with Gasteiger partial charge < -0.3 is 9.80 Å². The zero-order valence-electron chi connectivity index (χ0n) is 18.2. The van der Waals surface area contributed by atoms with Crippen LogP contribution in [-0.2, 0) is 14.4 Å². The smallest absolute Gasteiger partial charge is 0.246 e. The molecule has 2 fully saturated rings. The molecule has 0 unspecified atom stereocenters. The van der Waals surface area contributed by atoms with Crippen LogP contribution in [0, 0.1) is 23.6 Å². The van der Waals surface area contributed by atoms with Gasteiger partial charge in [0.2, 0.25) is 17.7 Å². The fraction of sp³-hybridized carbons (Fsp3) is 0.542. The van der Waals surface area contributed by atoms with E-state index >= 15 is 0 Å². The van der Waals surface area contributed by atoms with Gasteiger partial charge in [-0.25, -0.2) is 4.39 Å². The predicted molar refractivity (Wildman–Crippen MR) is 116 cm³/mol. The first-order valence-electron chi connectivity index (χ1n) is 11.2. The predicted octanol–water partition coefficient (Wildman–Crippen LogP) is 2.84. The molecule has 0 saturated carbocycles. The van der Waals surface area contributed by atoms with Crippen molar-refractivity contribution >= 4 is 23.4 Å². The Hall–Kier alpha value is -2.70. The van der Waals surface area contributed by atoms with E-state index in [4.69, 9.17) is 0 Å². The van der Waals surface area contributed by atoms with Crippen molar-refractivity contribution in [1.29, 1.82) is 0 Å². The molecule has 1 aromatic carbocycles. The number of hydrogen-bond donors (Lipinski definition) is 0. The average molecular weight is 428 g/mol. The van der Waals surface area contributed by atoms with E-state index in [1.165, 1.54) is 17.0 Å². The second-order valence-corrected chi connectivity index (χ2v) is 9.14. The Bertz CT molecular complexity index is 849. The molecule has 0 bridgehead atoms. The number of allylic oxidation sites excluding steroid dienone is 2. The monoisotopic (exact) mass is 427 g/mol. The van der Waals surface area contributed by atoms with Gasteiger partial charge in [0.15, 0.2) is 0 Å². The minimum absolute atomic E-state index is 0.138. The quantitative estimate of drug-likeness (QED) is 0.536. The highest BCUT2D eigenvalue weighted by Crippen LogP contribution is 2.37. The van der Waals surface area contributed by atoms with Crippen molar-refractivity contribution in [2.75, 3.05) is 31.1 Å². The molecule has 2 saturated heterocycles. The topological polar surface area (TPSA) is 60.9 Å². The first kappa shape index (κ1) is 21.5. The molecule has 2 heterocycles. The number of amides is 3. The van der Waals surface area contributed by atoms with Crippen LogP contribution in [0.1, 0.15) is 33.1 Å². The fourth-order valence-electron chi connectivity index (χ4n) is 4.94. The summed E-state index contributed by atoms with van der Waals surface area (Å²) in [4.78, 5) is 44.9. The molecule has 0 aromatic heterocycles. The Morgan fingerprint density at radius 2 is 1.52 bits per heavy atom. The lowest BCUT2D eigenvalue weighted by Gasteiger charge is -2.39. The number of anilines is 1. The van der Waals surface area contributed by atoms with Crippen molar-refractivity contribution in [3.05, 3.63) is 42.2 Å². The summed E-state index contributed by atoms with van der Waals surface area (Å²) in [6.45, 7) is 6.29. The van der Waals surface area contributed by atoms with Crippen LogP contribution in [0.4, 0.5) is 10.1 Å². The summed E-state index contributed by atoms with van der Waals surface area (Å²) in [7, 11) is 0. The number of rotatable bonds is 5. The summed E-state index contributed by atoms with van der Waals surface area (Å²) in [5.41, 5.74) is 0.925. The molecule has 7 heteroatoms. The maximum atomic E-state index is 13.5. The molecule has 0 N–H and O–H groups in total. The lowest BCUT2D eigenvalue weighted by Crippen LogP contribution is -2.56.